The lowest BCUT2D eigenvalue weighted by Gasteiger charge is -2.37. The first-order valence-corrected chi connectivity index (χ1v) is 20.1. The lowest BCUT2D eigenvalue weighted by molar-refractivity contribution is -0.179. The van der Waals surface area contributed by atoms with Gasteiger partial charge in [-0.2, -0.15) is 0 Å². The van der Waals surface area contributed by atoms with Crippen molar-refractivity contribution in [3.05, 3.63) is 108 Å². The van der Waals surface area contributed by atoms with E-state index in [1.165, 1.54) is 35.8 Å². The van der Waals surface area contributed by atoms with E-state index in [0.29, 0.717) is 6.42 Å². The zero-order chi connectivity index (χ0) is 42.7. The summed E-state index contributed by atoms with van der Waals surface area (Å²) in [5.74, 6) is -6.09. The standard InChI is InChI=1S/C46H59N3O9/c1-10-31(6)40-43(52)49(9)36(27-33-22-16-12-17-23-33)45(54)57-38(29(2)3)41(50)47(7)35(26-32-20-14-11-15-21-32)44(53)56-39(30(4)5)42(51)48(8)37(46(55)58-40)28-34-24-18-13-19-25-34/h11-25,29-31,35-40H,10,26-28H2,1-9H3/t31?,35-,36-,37-,38+,39+,40+/m0/s1. The van der Waals surface area contributed by atoms with Gasteiger partial charge in [0.05, 0.1) is 0 Å². The number of hydrogen-bond donors (Lipinski definition) is 0. The van der Waals surface area contributed by atoms with Crippen LogP contribution < -0.4 is 0 Å². The highest BCUT2D eigenvalue weighted by Crippen LogP contribution is 2.25. The molecule has 0 spiro atoms. The van der Waals surface area contributed by atoms with Crippen molar-refractivity contribution in [2.75, 3.05) is 21.1 Å². The van der Waals surface area contributed by atoms with Gasteiger partial charge < -0.3 is 28.9 Å². The lowest BCUT2D eigenvalue weighted by atomic mass is 9.97. The van der Waals surface area contributed by atoms with Gasteiger partial charge in [0.15, 0.2) is 18.3 Å². The lowest BCUT2D eigenvalue weighted by Crippen LogP contribution is -2.57. The van der Waals surface area contributed by atoms with E-state index < -0.39 is 89.8 Å². The van der Waals surface area contributed by atoms with Crippen molar-refractivity contribution in [1.82, 2.24) is 14.7 Å². The average molecular weight is 798 g/mol. The molecule has 58 heavy (non-hydrogen) atoms. The summed E-state index contributed by atoms with van der Waals surface area (Å²) < 4.78 is 18.2. The topological polar surface area (TPSA) is 140 Å². The second kappa shape index (κ2) is 20.8. The van der Waals surface area contributed by atoms with Gasteiger partial charge in [0.1, 0.15) is 18.1 Å². The first kappa shape index (κ1) is 45.2. The summed E-state index contributed by atoms with van der Waals surface area (Å²) in [6, 6.07) is 23.5. The van der Waals surface area contributed by atoms with E-state index in [1.807, 2.05) is 85.8 Å². The average Bonchev–Trinajstić information content (AvgIpc) is 3.22. The minimum atomic E-state index is -1.36. The third-order valence-corrected chi connectivity index (χ3v) is 10.9. The van der Waals surface area contributed by atoms with Crippen LogP contribution in [0.5, 0.6) is 0 Å². The SMILES string of the molecule is CCC(C)[C@H]1OC(=O)[C@H](Cc2ccccc2)N(C)C(=O)[C@@H](C(C)C)OC(=O)[C@H](Cc2ccccc2)N(C)C(=O)[C@@H](C(C)C)OC(=O)[C@H](Cc2ccccc2)N(C)C1=O. The molecule has 312 valence electrons. The van der Waals surface area contributed by atoms with Gasteiger partial charge in [-0.1, -0.05) is 133 Å². The highest BCUT2D eigenvalue weighted by molar-refractivity contribution is 5.94. The van der Waals surface area contributed by atoms with Crippen LogP contribution >= 0.6 is 0 Å². The molecule has 0 aromatic heterocycles. The Morgan fingerprint density at radius 1 is 0.448 bits per heavy atom. The minimum absolute atomic E-state index is 0.0311. The molecule has 4 rings (SSSR count). The van der Waals surface area contributed by atoms with E-state index in [0.717, 1.165) is 16.7 Å². The molecule has 12 nitrogen and oxygen atoms in total. The Labute approximate surface area is 342 Å². The zero-order valence-electron chi connectivity index (χ0n) is 35.2. The van der Waals surface area contributed by atoms with E-state index in [4.69, 9.17) is 14.2 Å². The number of carbonyl (C=O) groups excluding carboxylic acids is 6. The Morgan fingerprint density at radius 3 is 0.966 bits per heavy atom. The summed E-state index contributed by atoms with van der Waals surface area (Å²) in [6.07, 6.45) is -3.53. The van der Waals surface area contributed by atoms with Crippen molar-refractivity contribution in [3.8, 4) is 0 Å². The number of benzene rings is 3. The maximum Gasteiger partial charge on any atom is 0.329 e. The van der Waals surface area contributed by atoms with Gasteiger partial charge in [-0.15, -0.1) is 0 Å². The predicted octanol–water partition coefficient (Wildman–Crippen LogP) is 5.30. The van der Waals surface area contributed by atoms with Gasteiger partial charge in [-0.3, -0.25) is 14.4 Å². The van der Waals surface area contributed by atoms with Crippen LogP contribution in [-0.4, -0.2) is 108 Å². The van der Waals surface area contributed by atoms with Crippen LogP contribution in [0.15, 0.2) is 91.0 Å². The van der Waals surface area contributed by atoms with E-state index in [-0.39, 0.29) is 19.3 Å². The second-order valence-electron chi connectivity index (χ2n) is 15.9. The smallest absolute Gasteiger partial charge is 0.329 e. The number of esters is 3. The number of ether oxygens (including phenoxy) is 3. The second-order valence-corrected chi connectivity index (χ2v) is 15.9. The van der Waals surface area contributed by atoms with Crippen LogP contribution in [0.3, 0.4) is 0 Å². The molecule has 3 aromatic carbocycles. The highest BCUT2D eigenvalue weighted by atomic mass is 16.6. The summed E-state index contributed by atoms with van der Waals surface area (Å²) in [7, 11) is 4.34. The number of hydrogen-bond acceptors (Lipinski definition) is 9. The fourth-order valence-corrected chi connectivity index (χ4v) is 6.89. The molecule has 1 unspecified atom stereocenters. The van der Waals surface area contributed by atoms with Crippen LogP contribution in [-0.2, 0) is 62.2 Å². The Hall–Kier alpha value is -5.52. The van der Waals surface area contributed by atoms with Gasteiger partial charge in [0.2, 0.25) is 0 Å². The molecule has 3 aromatic rings. The maximum atomic E-state index is 14.6. The van der Waals surface area contributed by atoms with Crippen LogP contribution in [0.25, 0.3) is 0 Å². The van der Waals surface area contributed by atoms with Crippen LogP contribution in [0.2, 0.25) is 0 Å². The van der Waals surface area contributed by atoms with Gasteiger partial charge in [0.25, 0.3) is 17.7 Å². The van der Waals surface area contributed by atoms with Gasteiger partial charge in [-0.05, 0) is 34.9 Å². The van der Waals surface area contributed by atoms with Crippen LogP contribution in [0.1, 0.15) is 64.7 Å². The largest absolute Gasteiger partial charge is 0.450 e. The number of rotatable bonds is 10. The fraction of sp³-hybridized carbons (Fsp3) is 0.478. The van der Waals surface area contributed by atoms with E-state index >= 15 is 0 Å². The number of likely N-dealkylation sites (N-methyl/N-ethyl adjacent to an activating group) is 3. The van der Waals surface area contributed by atoms with Crippen molar-refractivity contribution in [2.24, 2.45) is 17.8 Å². The summed E-state index contributed by atoms with van der Waals surface area (Å²) >= 11 is 0. The molecular formula is C46H59N3O9. The molecule has 1 heterocycles. The molecule has 1 aliphatic rings. The predicted molar refractivity (Wildman–Crippen MR) is 219 cm³/mol. The molecule has 1 saturated heterocycles. The van der Waals surface area contributed by atoms with E-state index in [9.17, 15) is 28.8 Å². The van der Waals surface area contributed by atoms with Crippen LogP contribution in [0.4, 0.5) is 0 Å². The maximum absolute atomic E-state index is 14.6. The number of nitrogens with zero attached hydrogens (tertiary/aromatic N) is 3. The summed E-state index contributed by atoms with van der Waals surface area (Å²) in [6.45, 7) is 10.5. The molecule has 0 radical (unpaired) electrons. The van der Waals surface area contributed by atoms with Crippen molar-refractivity contribution >= 4 is 35.6 Å². The Balaban J connectivity index is 1.90. The van der Waals surface area contributed by atoms with Crippen molar-refractivity contribution in [2.45, 2.75) is 104 Å². The summed E-state index contributed by atoms with van der Waals surface area (Å²) in [5.41, 5.74) is 2.17. The monoisotopic (exact) mass is 797 g/mol. The number of cyclic esters (lactones) is 3. The molecule has 1 fully saturated rings. The molecule has 7 atom stereocenters. The molecule has 0 N–H and O–H groups in total. The third kappa shape index (κ3) is 11.3. The van der Waals surface area contributed by atoms with Gasteiger partial charge in [-0.25, -0.2) is 14.4 Å². The van der Waals surface area contributed by atoms with Crippen molar-refractivity contribution in [1.29, 1.82) is 0 Å². The Bertz CT molecular complexity index is 1810. The first-order valence-electron chi connectivity index (χ1n) is 20.1. The quantitative estimate of drug-likeness (QED) is 0.198. The molecule has 0 aliphatic carbocycles. The molecule has 1 aliphatic heterocycles. The molecule has 0 saturated carbocycles. The highest BCUT2D eigenvalue weighted by Gasteiger charge is 2.44. The molecule has 0 bridgehead atoms. The first-order chi connectivity index (χ1) is 27.5. The summed E-state index contributed by atoms with van der Waals surface area (Å²) in [5, 5.41) is 0. The third-order valence-electron chi connectivity index (χ3n) is 10.9. The van der Waals surface area contributed by atoms with Gasteiger partial charge >= 0.3 is 17.9 Å². The van der Waals surface area contributed by atoms with E-state index in [1.54, 1.807) is 46.8 Å². The molecule has 12 heteroatoms. The number of carbonyl (C=O) groups is 6. The van der Waals surface area contributed by atoms with Crippen LogP contribution in [0, 0.1) is 17.8 Å². The normalized spacial score (nSPS) is 23.9. The zero-order valence-corrected chi connectivity index (χ0v) is 35.2. The summed E-state index contributed by atoms with van der Waals surface area (Å²) in [4.78, 5) is 90.4. The van der Waals surface area contributed by atoms with Gasteiger partial charge in [0, 0.05) is 46.3 Å². The fourth-order valence-electron chi connectivity index (χ4n) is 6.89. The Morgan fingerprint density at radius 2 is 0.707 bits per heavy atom. The van der Waals surface area contributed by atoms with Crippen molar-refractivity contribution in [3.63, 3.8) is 0 Å². The van der Waals surface area contributed by atoms with E-state index in [2.05, 4.69) is 0 Å². The molecular weight excluding hydrogens is 739 g/mol. The minimum Gasteiger partial charge on any atom is -0.450 e. The molecule has 3 amide bonds. The Kier molecular flexibility index (Phi) is 16.2. The van der Waals surface area contributed by atoms with Crippen molar-refractivity contribution < 1.29 is 43.0 Å². The number of amides is 3.